The number of rotatable bonds is 2. The van der Waals surface area contributed by atoms with Crippen molar-refractivity contribution in [1.29, 1.82) is 0 Å². The molecule has 3 aromatic rings. The largest absolute Gasteiger partial charge is 0.714 e. The second-order valence-electron chi connectivity index (χ2n) is 13.1. The third kappa shape index (κ3) is 4.75. The fraction of sp³-hybridized carbons (Fsp3) is 0.343. The van der Waals surface area contributed by atoms with Crippen LogP contribution in [-0.4, -0.2) is 58.4 Å². The van der Waals surface area contributed by atoms with Gasteiger partial charge in [-0.15, -0.1) is 0 Å². The Kier molecular flexibility index (Phi) is 7.25. The second-order valence-corrected chi connectivity index (χ2v) is 13.1. The molecule has 0 spiro atoms. The van der Waals surface area contributed by atoms with Crippen LogP contribution >= 0.6 is 0 Å². The van der Waals surface area contributed by atoms with Crippen molar-refractivity contribution in [2.24, 2.45) is 0 Å². The molecule has 44 heavy (non-hydrogen) atoms. The van der Waals surface area contributed by atoms with E-state index in [0.29, 0.717) is 33.6 Å². The van der Waals surface area contributed by atoms with Gasteiger partial charge < -0.3 is 10.4 Å². The molecule has 9 nitrogen and oxygen atoms in total. The van der Waals surface area contributed by atoms with Crippen LogP contribution in [-0.2, 0) is 10.4 Å². The average molecular weight is 590 g/mol. The normalized spacial score (nSPS) is 19.4. The number of amidine groups is 2. The molecule has 0 saturated carbocycles. The van der Waals surface area contributed by atoms with Crippen LogP contribution in [0.1, 0.15) is 89.0 Å². The molecular formula is C35H35N5O4. The third-order valence-corrected chi connectivity index (χ3v) is 9.50. The molecule has 2 radical (unpaired) electrons. The van der Waals surface area contributed by atoms with E-state index in [4.69, 9.17) is 0 Å². The smallest absolute Gasteiger partial charge is 0.316 e. The first-order valence-electron chi connectivity index (χ1n) is 14.4. The first-order valence-corrected chi connectivity index (χ1v) is 14.4. The molecule has 0 fully saturated rings. The molecule has 0 aliphatic carbocycles. The van der Waals surface area contributed by atoms with Crippen molar-refractivity contribution in [2.45, 2.75) is 77.5 Å². The predicted octanol–water partition coefficient (Wildman–Crippen LogP) is 4.83. The predicted molar refractivity (Wildman–Crippen MR) is 166 cm³/mol. The average Bonchev–Trinajstić information content (AvgIpc) is 3.19. The summed E-state index contributed by atoms with van der Waals surface area (Å²) in [7, 11) is 0. The van der Waals surface area contributed by atoms with E-state index >= 15 is 0 Å². The van der Waals surface area contributed by atoms with Gasteiger partial charge in [0.15, 0.2) is 11.1 Å². The molecule has 9 heteroatoms. The van der Waals surface area contributed by atoms with Crippen LogP contribution in [0.2, 0.25) is 0 Å². The summed E-state index contributed by atoms with van der Waals surface area (Å²) in [5, 5.41) is 53.3. The number of pyridine rings is 1. The van der Waals surface area contributed by atoms with E-state index in [1.807, 2.05) is 6.07 Å². The third-order valence-electron chi connectivity index (χ3n) is 9.50. The van der Waals surface area contributed by atoms with Gasteiger partial charge in [0, 0.05) is 21.5 Å². The Labute approximate surface area is 258 Å². The number of hydrogen-bond acceptors (Lipinski definition) is 5. The van der Waals surface area contributed by atoms with Gasteiger partial charge >= 0.3 is 11.7 Å². The standard InChI is InChI=1S/C35H35N5O4/c1-32(2)33(3,4)38(42)30(37(32)41)26-18-12-24(13-19-26)16-22-28-10-9-11-29(36-28)23-17-25-14-20-27(21-15-25)31-39(43)34(5,6)35(7,8)40(31)44/h9-15,18-21H,1-8H3. The molecule has 0 saturated heterocycles. The van der Waals surface area contributed by atoms with Crippen molar-refractivity contribution in [3.05, 3.63) is 111 Å². The summed E-state index contributed by atoms with van der Waals surface area (Å²) in [4.78, 5) is 4.52. The van der Waals surface area contributed by atoms with Crippen LogP contribution in [0.25, 0.3) is 0 Å². The number of nitrogens with zero attached hydrogens (tertiary/aromatic N) is 5. The van der Waals surface area contributed by atoms with Crippen molar-refractivity contribution < 1.29 is 19.9 Å². The van der Waals surface area contributed by atoms with Crippen LogP contribution in [0.4, 0.5) is 0 Å². The zero-order valence-electron chi connectivity index (χ0n) is 26.2. The van der Waals surface area contributed by atoms with Gasteiger partial charge in [-0.25, -0.2) is 4.98 Å². The van der Waals surface area contributed by atoms with E-state index in [1.54, 1.807) is 116 Å². The van der Waals surface area contributed by atoms with E-state index in [-0.39, 0.29) is 11.7 Å². The first-order chi connectivity index (χ1) is 20.5. The molecule has 0 unspecified atom stereocenters. The molecule has 1 aromatic heterocycles. The topological polar surface area (TPSA) is 111 Å². The molecule has 224 valence electrons. The molecule has 5 rings (SSSR count). The van der Waals surface area contributed by atoms with Gasteiger partial charge in [-0.1, -0.05) is 28.0 Å². The minimum Gasteiger partial charge on any atom is -0.714 e. The summed E-state index contributed by atoms with van der Waals surface area (Å²) < 4.78 is 1.59. The maximum atomic E-state index is 12.9. The molecule has 0 amide bonds. The Morgan fingerprint density at radius 1 is 0.568 bits per heavy atom. The number of aromatic nitrogens is 1. The van der Waals surface area contributed by atoms with Gasteiger partial charge in [-0.05, 0) is 128 Å². The zero-order valence-corrected chi connectivity index (χ0v) is 26.2. The Morgan fingerprint density at radius 3 is 1.20 bits per heavy atom. The lowest BCUT2D eigenvalue weighted by Gasteiger charge is -2.32. The first kappa shape index (κ1) is 30.6. The van der Waals surface area contributed by atoms with E-state index in [1.165, 1.54) is 0 Å². The van der Waals surface area contributed by atoms with Crippen LogP contribution < -0.4 is 0 Å². The van der Waals surface area contributed by atoms with Gasteiger partial charge in [-0.3, -0.25) is 9.48 Å². The van der Waals surface area contributed by atoms with E-state index in [9.17, 15) is 20.8 Å². The molecule has 2 aliphatic rings. The van der Waals surface area contributed by atoms with Crippen molar-refractivity contribution in [3.63, 3.8) is 0 Å². The molecule has 0 N–H and O–H groups in total. The summed E-state index contributed by atoms with van der Waals surface area (Å²) in [6, 6.07) is 19.4. The maximum Gasteiger partial charge on any atom is 0.316 e. The van der Waals surface area contributed by atoms with Gasteiger partial charge in [0.2, 0.25) is 0 Å². The van der Waals surface area contributed by atoms with Crippen LogP contribution in [0.5, 0.6) is 0 Å². The fourth-order valence-corrected chi connectivity index (χ4v) is 4.94. The highest BCUT2D eigenvalue weighted by Gasteiger charge is 2.60. The SMILES string of the molecule is CC1(C)N([O])C(c2ccc(C#Cc3cccc(C#Cc4ccc(C5=[N+]([O-])C(C)(C)C(C)(C)N5[O])cc4)n3)cc2)=[N+]([O-])C1(C)C. The van der Waals surface area contributed by atoms with Gasteiger partial charge in [0.25, 0.3) is 0 Å². The van der Waals surface area contributed by atoms with Gasteiger partial charge in [0.1, 0.15) is 22.5 Å². The van der Waals surface area contributed by atoms with Crippen molar-refractivity contribution in [1.82, 2.24) is 15.1 Å². The highest BCUT2D eigenvalue weighted by molar-refractivity contribution is 5.96. The van der Waals surface area contributed by atoms with E-state index in [0.717, 1.165) is 19.6 Å². The molecular weight excluding hydrogens is 554 g/mol. The summed E-state index contributed by atoms with van der Waals surface area (Å²) in [6.45, 7) is 14.1. The Hall–Kier alpha value is -4.83. The highest BCUT2D eigenvalue weighted by atomic mass is 16.5. The highest BCUT2D eigenvalue weighted by Crippen LogP contribution is 2.38. The second kappa shape index (κ2) is 10.4. The molecule has 0 bridgehead atoms. The fourth-order valence-electron chi connectivity index (χ4n) is 4.94. The van der Waals surface area contributed by atoms with Gasteiger partial charge in [0.05, 0.1) is 11.1 Å². The lowest BCUT2D eigenvalue weighted by Crippen LogP contribution is -2.53. The summed E-state index contributed by atoms with van der Waals surface area (Å²) in [5.41, 5.74) is 0.0372. The van der Waals surface area contributed by atoms with Crippen molar-refractivity contribution in [2.75, 3.05) is 0 Å². The Balaban J connectivity index is 1.31. The van der Waals surface area contributed by atoms with E-state index < -0.39 is 22.2 Å². The maximum absolute atomic E-state index is 12.9. The summed E-state index contributed by atoms with van der Waals surface area (Å²) >= 11 is 0. The quantitative estimate of drug-likeness (QED) is 0.242. The number of hydroxylamine groups is 6. The molecule has 2 aromatic carbocycles. The molecule has 2 aliphatic heterocycles. The number of benzene rings is 2. The van der Waals surface area contributed by atoms with E-state index in [2.05, 4.69) is 28.7 Å². The zero-order chi connectivity index (χ0) is 32.2. The van der Waals surface area contributed by atoms with Crippen LogP contribution in [0.3, 0.4) is 0 Å². The molecule has 0 atom stereocenters. The van der Waals surface area contributed by atoms with Crippen LogP contribution in [0.15, 0.2) is 66.7 Å². The molecule has 3 heterocycles. The summed E-state index contributed by atoms with van der Waals surface area (Å²) in [5.74, 6) is 12.4. The monoisotopic (exact) mass is 589 g/mol. The lowest BCUT2D eigenvalue weighted by molar-refractivity contribution is -0.539. The Bertz CT molecular complexity index is 1680. The minimum absolute atomic E-state index is 0.0898. The van der Waals surface area contributed by atoms with Crippen molar-refractivity contribution >= 4 is 11.7 Å². The van der Waals surface area contributed by atoms with Gasteiger partial charge in [-0.2, -0.15) is 0 Å². The van der Waals surface area contributed by atoms with Crippen molar-refractivity contribution in [3.8, 4) is 23.7 Å². The van der Waals surface area contributed by atoms with Crippen LogP contribution in [0, 0.1) is 34.1 Å². The summed E-state index contributed by atoms with van der Waals surface area (Å²) in [6.07, 6.45) is 0. The Morgan fingerprint density at radius 2 is 0.909 bits per heavy atom. The number of hydrogen-bond donors (Lipinski definition) is 0. The minimum atomic E-state index is -0.881. The lowest BCUT2D eigenvalue weighted by atomic mass is 9.84.